The number of rotatable bonds is 3. The number of hydrogen-bond donors (Lipinski definition) is 1. The summed E-state index contributed by atoms with van der Waals surface area (Å²) in [5.41, 5.74) is 1.41. The van der Waals surface area contributed by atoms with Crippen molar-refractivity contribution in [3.05, 3.63) is 54.1 Å². The van der Waals surface area contributed by atoms with Gasteiger partial charge in [0.15, 0.2) is 0 Å². The molecule has 1 N–H and O–H groups in total. The van der Waals surface area contributed by atoms with Gasteiger partial charge in [-0.3, -0.25) is 4.79 Å². The van der Waals surface area contributed by atoms with Crippen molar-refractivity contribution in [1.29, 1.82) is 0 Å². The molecular weight excluding hydrogens is 219 g/mol. The van der Waals surface area contributed by atoms with E-state index in [0.29, 0.717) is 5.69 Å². The third kappa shape index (κ3) is 3.17. The summed E-state index contributed by atoms with van der Waals surface area (Å²) >= 11 is 0. The molecule has 3 nitrogen and oxygen atoms in total. The second kappa shape index (κ2) is 4.82. The molecule has 2 aromatic rings. The first kappa shape index (κ1) is 11.4. The van der Waals surface area contributed by atoms with Crippen LogP contribution in [-0.2, 0) is 18.3 Å². The second-order valence-electron chi connectivity index (χ2n) is 3.92. The van der Waals surface area contributed by atoms with Gasteiger partial charge in [0.05, 0.1) is 6.42 Å². The number of amides is 1. The van der Waals surface area contributed by atoms with Crippen molar-refractivity contribution in [2.45, 2.75) is 6.42 Å². The topological polar surface area (TPSA) is 34.0 Å². The minimum atomic E-state index is -0.359. The van der Waals surface area contributed by atoms with E-state index in [9.17, 15) is 9.18 Å². The Morgan fingerprint density at radius 1 is 1.41 bits per heavy atom. The molecule has 4 heteroatoms. The summed E-state index contributed by atoms with van der Waals surface area (Å²) in [6.07, 6.45) is 4.05. The summed E-state index contributed by atoms with van der Waals surface area (Å²) in [6.45, 7) is 0. The molecule has 0 fully saturated rings. The Kier molecular flexibility index (Phi) is 3.23. The molecule has 17 heavy (non-hydrogen) atoms. The Labute approximate surface area is 98.9 Å². The summed E-state index contributed by atoms with van der Waals surface area (Å²) in [7, 11) is 1.90. The first-order chi connectivity index (χ1) is 8.13. The lowest BCUT2D eigenvalue weighted by molar-refractivity contribution is -0.115. The van der Waals surface area contributed by atoms with Gasteiger partial charge in [-0.05, 0) is 29.8 Å². The van der Waals surface area contributed by atoms with Crippen LogP contribution < -0.4 is 5.32 Å². The highest BCUT2D eigenvalue weighted by Gasteiger charge is 2.05. The predicted molar refractivity (Wildman–Crippen MR) is 64.1 cm³/mol. The quantitative estimate of drug-likeness (QED) is 0.866. The molecule has 1 heterocycles. The molecule has 0 aliphatic carbocycles. The Balaban J connectivity index is 1.98. The van der Waals surface area contributed by atoms with Crippen molar-refractivity contribution in [3.63, 3.8) is 0 Å². The lowest BCUT2D eigenvalue weighted by Crippen LogP contribution is -2.14. The number of nitrogens with zero attached hydrogens (tertiary/aromatic N) is 1. The van der Waals surface area contributed by atoms with E-state index in [0.717, 1.165) is 5.56 Å². The van der Waals surface area contributed by atoms with Crippen LogP contribution in [0, 0.1) is 5.82 Å². The van der Waals surface area contributed by atoms with Crippen LogP contribution in [0.5, 0.6) is 0 Å². The standard InChI is InChI=1S/C13H13FN2O/c1-16-6-5-10(9-16)7-13(17)15-12-4-2-3-11(14)8-12/h2-6,8-9H,7H2,1H3,(H,15,17). The molecule has 0 atom stereocenters. The molecule has 0 saturated carbocycles. The number of carbonyl (C=O) groups excluding carboxylic acids is 1. The summed E-state index contributed by atoms with van der Waals surface area (Å²) < 4.78 is 14.8. The van der Waals surface area contributed by atoms with Gasteiger partial charge in [0, 0.05) is 25.1 Å². The van der Waals surface area contributed by atoms with Crippen LogP contribution in [0.25, 0.3) is 0 Å². The number of carbonyl (C=O) groups is 1. The van der Waals surface area contributed by atoms with E-state index in [2.05, 4.69) is 5.32 Å². The van der Waals surface area contributed by atoms with Gasteiger partial charge in [-0.2, -0.15) is 0 Å². The maximum Gasteiger partial charge on any atom is 0.228 e. The van der Waals surface area contributed by atoms with Gasteiger partial charge in [-0.15, -0.1) is 0 Å². The number of anilines is 1. The van der Waals surface area contributed by atoms with Crippen LogP contribution >= 0.6 is 0 Å². The van der Waals surface area contributed by atoms with Gasteiger partial charge in [0.1, 0.15) is 5.82 Å². The molecule has 0 unspecified atom stereocenters. The molecule has 0 bridgehead atoms. The van der Waals surface area contributed by atoms with Crippen molar-refractivity contribution >= 4 is 11.6 Å². The average Bonchev–Trinajstić information content (AvgIpc) is 2.63. The minimum absolute atomic E-state index is 0.151. The summed E-state index contributed by atoms with van der Waals surface area (Å²) in [4.78, 5) is 11.7. The fraction of sp³-hybridized carbons (Fsp3) is 0.154. The number of benzene rings is 1. The normalized spacial score (nSPS) is 10.2. The van der Waals surface area contributed by atoms with E-state index in [1.54, 1.807) is 12.1 Å². The zero-order chi connectivity index (χ0) is 12.3. The van der Waals surface area contributed by atoms with Gasteiger partial charge in [-0.25, -0.2) is 4.39 Å². The van der Waals surface area contributed by atoms with Crippen LogP contribution in [0.15, 0.2) is 42.7 Å². The molecule has 0 aliphatic heterocycles. The fourth-order valence-electron chi connectivity index (χ4n) is 1.62. The molecule has 1 aromatic heterocycles. The zero-order valence-electron chi connectivity index (χ0n) is 9.48. The molecule has 1 amide bonds. The molecule has 0 spiro atoms. The molecular formula is C13H13FN2O. The highest BCUT2D eigenvalue weighted by atomic mass is 19.1. The van der Waals surface area contributed by atoms with Gasteiger partial charge in [-0.1, -0.05) is 6.07 Å². The van der Waals surface area contributed by atoms with Crippen LogP contribution in [0.4, 0.5) is 10.1 Å². The highest BCUT2D eigenvalue weighted by molar-refractivity contribution is 5.92. The van der Waals surface area contributed by atoms with E-state index >= 15 is 0 Å². The number of hydrogen-bond acceptors (Lipinski definition) is 1. The molecule has 0 aliphatic rings. The highest BCUT2D eigenvalue weighted by Crippen LogP contribution is 2.10. The Hall–Kier alpha value is -2.10. The Bertz CT molecular complexity index is 534. The van der Waals surface area contributed by atoms with Gasteiger partial charge in [0.2, 0.25) is 5.91 Å². The lowest BCUT2D eigenvalue weighted by atomic mass is 10.2. The smallest absolute Gasteiger partial charge is 0.228 e. The summed E-state index contributed by atoms with van der Waals surface area (Å²) in [6, 6.07) is 7.74. The minimum Gasteiger partial charge on any atom is -0.357 e. The van der Waals surface area contributed by atoms with E-state index in [1.807, 2.05) is 30.1 Å². The third-order valence-corrected chi connectivity index (χ3v) is 2.37. The number of aryl methyl sites for hydroxylation is 1. The van der Waals surface area contributed by atoms with Crippen molar-refractivity contribution in [3.8, 4) is 0 Å². The SMILES string of the molecule is Cn1ccc(CC(=O)Nc2cccc(F)c2)c1. The first-order valence-corrected chi connectivity index (χ1v) is 5.30. The van der Waals surface area contributed by atoms with E-state index < -0.39 is 0 Å². The third-order valence-electron chi connectivity index (χ3n) is 2.37. The number of nitrogens with one attached hydrogen (secondary N) is 1. The van der Waals surface area contributed by atoms with Crippen LogP contribution in [0.2, 0.25) is 0 Å². The fourth-order valence-corrected chi connectivity index (χ4v) is 1.62. The first-order valence-electron chi connectivity index (χ1n) is 5.30. The molecule has 0 radical (unpaired) electrons. The van der Waals surface area contributed by atoms with Crippen molar-refractivity contribution in [1.82, 2.24) is 4.57 Å². The van der Waals surface area contributed by atoms with Crippen LogP contribution in [-0.4, -0.2) is 10.5 Å². The Morgan fingerprint density at radius 3 is 2.88 bits per heavy atom. The van der Waals surface area contributed by atoms with E-state index in [-0.39, 0.29) is 18.1 Å². The van der Waals surface area contributed by atoms with Gasteiger partial charge in [0.25, 0.3) is 0 Å². The summed E-state index contributed by atoms with van der Waals surface area (Å²) in [5.74, 6) is -0.510. The number of halogens is 1. The average molecular weight is 232 g/mol. The second-order valence-corrected chi connectivity index (χ2v) is 3.92. The largest absolute Gasteiger partial charge is 0.357 e. The van der Waals surface area contributed by atoms with Crippen LogP contribution in [0.3, 0.4) is 0 Å². The van der Waals surface area contributed by atoms with Crippen molar-refractivity contribution in [2.24, 2.45) is 7.05 Å². The van der Waals surface area contributed by atoms with E-state index in [1.165, 1.54) is 12.1 Å². The molecule has 88 valence electrons. The monoisotopic (exact) mass is 232 g/mol. The predicted octanol–water partition coefficient (Wildman–Crippen LogP) is 2.35. The zero-order valence-corrected chi connectivity index (χ0v) is 9.48. The molecule has 1 aromatic carbocycles. The lowest BCUT2D eigenvalue weighted by Gasteiger charge is -2.04. The van der Waals surface area contributed by atoms with Gasteiger partial charge < -0.3 is 9.88 Å². The van der Waals surface area contributed by atoms with Gasteiger partial charge >= 0.3 is 0 Å². The molecule has 2 rings (SSSR count). The van der Waals surface area contributed by atoms with E-state index in [4.69, 9.17) is 0 Å². The maximum absolute atomic E-state index is 12.9. The number of aromatic nitrogens is 1. The van der Waals surface area contributed by atoms with Crippen molar-refractivity contribution in [2.75, 3.05) is 5.32 Å². The maximum atomic E-state index is 12.9. The molecule has 0 saturated heterocycles. The van der Waals surface area contributed by atoms with Crippen molar-refractivity contribution < 1.29 is 9.18 Å². The summed E-state index contributed by atoms with van der Waals surface area (Å²) in [5, 5.41) is 2.65. The van der Waals surface area contributed by atoms with Crippen LogP contribution in [0.1, 0.15) is 5.56 Å². The Morgan fingerprint density at radius 2 is 2.24 bits per heavy atom.